The van der Waals surface area contributed by atoms with Gasteiger partial charge in [-0.05, 0) is 17.7 Å². The fourth-order valence-corrected chi connectivity index (χ4v) is 3.46. The summed E-state index contributed by atoms with van der Waals surface area (Å²) in [6.07, 6.45) is 0. The summed E-state index contributed by atoms with van der Waals surface area (Å²) >= 11 is 0. The lowest BCUT2D eigenvalue weighted by atomic mass is 9.83. The van der Waals surface area contributed by atoms with E-state index in [9.17, 15) is 10.1 Å². The van der Waals surface area contributed by atoms with Crippen molar-refractivity contribution in [3.63, 3.8) is 0 Å². The molecule has 3 aromatic rings. The highest BCUT2D eigenvalue weighted by atomic mass is 16.6. The summed E-state index contributed by atoms with van der Waals surface area (Å²) < 4.78 is 21.9. The van der Waals surface area contributed by atoms with Crippen molar-refractivity contribution in [2.75, 3.05) is 28.4 Å². The Balaban J connectivity index is 2.28. The molecule has 30 heavy (non-hydrogen) atoms. The quantitative estimate of drug-likeness (QED) is 0.302. The fraction of sp³-hybridized carbons (Fsp3) is 0.217. The van der Waals surface area contributed by atoms with Crippen molar-refractivity contribution < 1.29 is 23.9 Å². The lowest BCUT2D eigenvalue weighted by Gasteiger charge is -2.23. The van der Waals surface area contributed by atoms with Crippen LogP contribution in [-0.2, 0) is 0 Å². The minimum Gasteiger partial charge on any atom is -0.497 e. The largest absolute Gasteiger partial charge is 0.497 e. The summed E-state index contributed by atoms with van der Waals surface area (Å²) in [6.45, 7) is 0. The van der Waals surface area contributed by atoms with Crippen molar-refractivity contribution in [3.8, 4) is 23.0 Å². The molecule has 156 valence electrons. The molecule has 3 rings (SSSR count). The van der Waals surface area contributed by atoms with Crippen LogP contribution in [0, 0.1) is 10.1 Å². The molecule has 0 aromatic heterocycles. The standard InChI is InChI=1S/C23H23NO6/c1-27-17-8-10-19(21(13-17)29-3)23(15-6-5-7-16(12-15)24(25)26)20-11-9-18(28-2)14-22(20)30-4/h5-14,23H,1-4H3. The topological polar surface area (TPSA) is 80.1 Å². The SMILES string of the molecule is COc1ccc(C(c2cccc([N+](=O)[O-])c2)c2ccc(OC)cc2OC)c(OC)c1. The number of hydrogen-bond acceptors (Lipinski definition) is 6. The van der Waals surface area contributed by atoms with Crippen LogP contribution in [0.15, 0.2) is 60.7 Å². The van der Waals surface area contributed by atoms with Gasteiger partial charge in [-0.15, -0.1) is 0 Å². The van der Waals surface area contributed by atoms with Crippen molar-refractivity contribution in [3.05, 3.63) is 87.5 Å². The molecule has 0 bridgehead atoms. The molecule has 0 N–H and O–H groups in total. The Labute approximate surface area is 174 Å². The zero-order chi connectivity index (χ0) is 21.7. The van der Waals surface area contributed by atoms with Gasteiger partial charge in [0.25, 0.3) is 5.69 Å². The summed E-state index contributed by atoms with van der Waals surface area (Å²) in [5.41, 5.74) is 2.39. The van der Waals surface area contributed by atoms with Gasteiger partial charge in [-0.25, -0.2) is 0 Å². The number of ether oxygens (including phenoxy) is 4. The Bertz CT molecular complexity index is 994. The average molecular weight is 409 g/mol. The summed E-state index contributed by atoms with van der Waals surface area (Å²) in [4.78, 5) is 11.0. The molecular weight excluding hydrogens is 386 g/mol. The first-order chi connectivity index (χ1) is 14.5. The van der Waals surface area contributed by atoms with E-state index in [-0.39, 0.29) is 11.6 Å². The monoisotopic (exact) mass is 409 g/mol. The van der Waals surface area contributed by atoms with Gasteiger partial charge in [-0.2, -0.15) is 0 Å². The fourth-order valence-electron chi connectivity index (χ4n) is 3.46. The van der Waals surface area contributed by atoms with E-state index in [0.717, 1.165) is 16.7 Å². The zero-order valence-electron chi connectivity index (χ0n) is 17.2. The third kappa shape index (κ3) is 4.15. The highest BCUT2D eigenvalue weighted by molar-refractivity contribution is 5.57. The van der Waals surface area contributed by atoms with Crippen molar-refractivity contribution in [2.45, 2.75) is 5.92 Å². The molecule has 0 radical (unpaired) electrons. The number of nitrogens with zero attached hydrogens (tertiary/aromatic N) is 1. The molecule has 0 saturated carbocycles. The van der Waals surface area contributed by atoms with Crippen LogP contribution < -0.4 is 18.9 Å². The van der Waals surface area contributed by atoms with E-state index < -0.39 is 4.92 Å². The average Bonchev–Trinajstić information content (AvgIpc) is 2.79. The molecule has 0 spiro atoms. The third-order valence-corrected chi connectivity index (χ3v) is 4.92. The predicted octanol–water partition coefficient (Wildman–Crippen LogP) is 4.81. The summed E-state index contributed by atoms with van der Waals surface area (Å²) in [5.74, 6) is 2.12. The molecule has 0 aliphatic carbocycles. The van der Waals surface area contributed by atoms with Crippen LogP contribution in [0.25, 0.3) is 0 Å². The van der Waals surface area contributed by atoms with Gasteiger partial charge in [0, 0.05) is 41.3 Å². The maximum atomic E-state index is 11.4. The minimum absolute atomic E-state index is 0.0115. The molecular formula is C23H23NO6. The molecule has 0 fully saturated rings. The van der Waals surface area contributed by atoms with Crippen LogP contribution in [0.1, 0.15) is 22.6 Å². The Morgan fingerprint density at radius 3 is 1.70 bits per heavy atom. The van der Waals surface area contributed by atoms with E-state index in [1.807, 2.05) is 30.3 Å². The Morgan fingerprint density at radius 2 is 1.27 bits per heavy atom. The van der Waals surface area contributed by atoms with Crippen molar-refractivity contribution >= 4 is 5.69 Å². The van der Waals surface area contributed by atoms with Gasteiger partial charge in [0.1, 0.15) is 23.0 Å². The number of non-ortho nitro benzene ring substituents is 1. The number of rotatable bonds is 8. The number of methoxy groups -OCH3 is 4. The maximum absolute atomic E-state index is 11.4. The second kappa shape index (κ2) is 9.17. The van der Waals surface area contributed by atoms with Gasteiger partial charge in [0.15, 0.2) is 0 Å². The van der Waals surface area contributed by atoms with Crippen LogP contribution >= 0.6 is 0 Å². The summed E-state index contributed by atoms with van der Waals surface area (Å²) in [6, 6.07) is 17.6. The van der Waals surface area contributed by atoms with Gasteiger partial charge in [0.05, 0.1) is 33.4 Å². The molecule has 0 amide bonds. The van der Waals surface area contributed by atoms with Gasteiger partial charge in [-0.1, -0.05) is 24.3 Å². The highest BCUT2D eigenvalue weighted by Gasteiger charge is 2.26. The molecule has 0 saturated heterocycles. The van der Waals surface area contributed by atoms with E-state index in [1.54, 1.807) is 52.7 Å². The van der Waals surface area contributed by atoms with Crippen LogP contribution in [-0.4, -0.2) is 33.4 Å². The predicted molar refractivity (Wildman–Crippen MR) is 113 cm³/mol. The molecule has 7 nitrogen and oxygen atoms in total. The molecule has 7 heteroatoms. The van der Waals surface area contributed by atoms with Crippen LogP contribution in [0.5, 0.6) is 23.0 Å². The van der Waals surface area contributed by atoms with E-state index in [2.05, 4.69) is 0 Å². The number of nitro benzene ring substituents is 1. The lowest BCUT2D eigenvalue weighted by Crippen LogP contribution is -2.08. The molecule has 0 unspecified atom stereocenters. The number of benzene rings is 3. The summed E-state index contributed by atoms with van der Waals surface area (Å²) in [7, 11) is 6.32. The number of hydrogen-bond donors (Lipinski definition) is 0. The van der Waals surface area contributed by atoms with Gasteiger partial charge in [-0.3, -0.25) is 10.1 Å². The van der Waals surface area contributed by atoms with Gasteiger partial charge in [0.2, 0.25) is 0 Å². The molecule has 3 aromatic carbocycles. The number of nitro groups is 1. The first-order valence-corrected chi connectivity index (χ1v) is 9.20. The molecule has 0 heterocycles. The third-order valence-electron chi connectivity index (χ3n) is 4.92. The molecule has 0 aliphatic heterocycles. The second-order valence-electron chi connectivity index (χ2n) is 6.50. The Hall–Kier alpha value is -3.74. The van der Waals surface area contributed by atoms with Crippen LogP contribution in [0.3, 0.4) is 0 Å². The molecule has 0 atom stereocenters. The maximum Gasteiger partial charge on any atom is 0.269 e. The van der Waals surface area contributed by atoms with E-state index >= 15 is 0 Å². The Kier molecular flexibility index (Phi) is 6.41. The van der Waals surface area contributed by atoms with Crippen molar-refractivity contribution in [1.82, 2.24) is 0 Å². The van der Waals surface area contributed by atoms with Crippen molar-refractivity contribution in [1.29, 1.82) is 0 Å². The first-order valence-electron chi connectivity index (χ1n) is 9.20. The van der Waals surface area contributed by atoms with Crippen molar-refractivity contribution in [2.24, 2.45) is 0 Å². The second-order valence-corrected chi connectivity index (χ2v) is 6.50. The zero-order valence-corrected chi connectivity index (χ0v) is 17.2. The summed E-state index contributed by atoms with van der Waals surface area (Å²) in [5, 5.41) is 11.4. The van der Waals surface area contributed by atoms with Crippen LogP contribution in [0.2, 0.25) is 0 Å². The minimum atomic E-state index is -0.406. The lowest BCUT2D eigenvalue weighted by molar-refractivity contribution is -0.384. The van der Waals surface area contributed by atoms with E-state index in [4.69, 9.17) is 18.9 Å². The van der Waals surface area contributed by atoms with Crippen LogP contribution in [0.4, 0.5) is 5.69 Å². The smallest absolute Gasteiger partial charge is 0.269 e. The Morgan fingerprint density at radius 1 is 0.733 bits per heavy atom. The van der Waals surface area contributed by atoms with Gasteiger partial charge >= 0.3 is 0 Å². The van der Waals surface area contributed by atoms with E-state index in [1.165, 1.54) is 6.07 Å². The van der Waals surface area contributed by atoms with Gasteiger partial charge < -0.3 is 18.9 Å². The van der Waals surface area contributed by atoms with E-state index in [0.29, 0.717) is 23.0 Å². The normalized spacial score (nSPS) is 10.6. The highest BCUT2D eigenvalue weighted by Crippen LogP contribution is 2.43. The first kappa shape index (κ1) is 21.0. The molecule has 0 aliphatic rings.